The lowest BCUT2D eigenvalue weighted by Gasteiger charge is -2.18. The molecule has 1 N–H and O–H groups in total. The van der Waals surface area contributed by atoms with E-state index in [2.05, 4.69) is 5.32 Å². The molecule has 2 rings (SSSR count). The highest BCUT2D eigenvalue weighted by atomic mass is 35.5. The zero-order valence-corrected chi connectivity index (χ0v) is 12.8. The molecule has 21 heavy (non-hydrogen) atoms. The van der Waals surface area contributed by atoms with Crippen LogP contribution in [0.1, 0.15) is 16.7 Å². The van der Waals surface area contributed by atoms with Gasteiger partial charge in [0.25, 0.3) is 0 Å². The molecule has 1 atom stereocenters. The van der Waals surface area contributed by atoms with Crippen LogP contribution in [0.15, 0.2) is 36.4 Å². The summed E-state index contributed by atoms with van der Waals surface area (Å²) in [5, 5.41) is 3.32. The van der Waals surface area contributed by atoms with Crippen LogP contribution < -0.4 is 5.32 Å². The molecule has 0 heterocycles. The van der Waals surface area contributed by atoms with Crippen molar-refractivity contribution in [3.63, 3.8) is 0 Å². The van der Waals surface area contributed by atoms with Gasteiger partial charge < -0.3 is 5.32 Å². The fourth-order valence-electron chi connectivity index (χ4n) is 2.40. The molecule has 0 radical (unpaired) electrons. The van der Waals surface area contributed by atoms with E-state index >= 15 is 0 Å². The molecular formula is C17H18ClF2N. The van der Waals surface area contributed by atoms with Gasteiger partial charge in [0, 0.05) is 6.04 Å². The van der Waals surface area contributed by atoms with Gasteiger partial charge in [0.2, 0.25) is 0 Å². The van der Waals surface area contributed by atoms with Gasteiger partial charge in [0.05, 0.1) is 5.02 Å². The largest absolute Gasteiger partial charge is 0.316 e. The Hall–Kier alpha value is -1.45. The average Bonchev–Trinajstić information content (AvgIpc) is 2.45. The van der Waals surface area contributed by atoms with Gasteiger partial charge in [-0.05, 0) is 61.7 Å². The summed E-state index contributed by atoms with van der Waals surface area (Å²) in [6, 6.07) is 9.83. The Morgan fingerprint density at radius 2 is 1.81 bits per heavy atom. The molecule has 0 saturated heterocycles. The summed E-state index contributed by atoms with van der Waals surface area (Å²) in [5.41, 5.74) is 2.54. The van der Waals surface area contributed by atoms with Crippen molar-refractivity contribution in [2.45, 2.75) is 25.8 Å². The highest BCUT2D eigenvalue weighted by Gasteiger charge is 2.14. The van der Waals surface area contributed by atoms with Crippen LogP contribution >= 0.6 is 11.6 Å². The predicted octanol–water partition coefficient (Wildman–Crippen LogP) is 4.30. The summed E-state index contributed by atoms with van der Waals surface area (Å²) in [6.07, 6.45) is 1.23. The maximum Gasteiger partial charge on any atom is 0.145 e. The van der Waals surface area contributed by atoms with Gasteiger partial charge in [-0.3, -0.25) is 0 Å². The van der Waals surface area contributed by atoms with Crippen LogP contribution in [0.25, 0.3) is 0 Å². The fourth-order valence-corrected chi connectivity index (χ4v) is 2.60. The Bertz CT molecular complexity index is 628. The van der Waals surface area contributed by atoms with Crippen molar-refractivity contribution in [3.05, 3.63) is 69.7 Å². The molecule has 0 fully saturated rings. The quantitative estimate of drug-likeness (QED) is 0.868. The van der Waals surface area contributed by atoms with Gasteiger partial charge in [0.15, 0.2) is 0 Å². The van der Waals surface area contributed by atoms with Crippen molar-refractivity contribution in [2.24, 2.45) is 0 Å². The number of nitrogens with one attached hydrogen (secondary N) is 1. The van der Waals surface area contributed by atoms with Crippen molar-refractivity contribution in [3.8, 4) is 0 Å². The molecule has 2 aromatic rings. The Morgan fingerprint density at radius 1 is 1.10 bits per heavy atom. The first-order chi connectivity index (χ1) is 10.0. The molecule has 0 saturated carbocycles. The minimum atomic E-state index is -0.366. The molecule has 0 bridgehead atoms. The van der Waals surface area contributed by atoms with Crippen molar-refractivity contribution >= 4 is 11.6 Å². The SMILES string of the molecule is CNC(Cc1ccc(F)cc1C)Cc1cccc(Cl)c1F. The first-order valence-corrected chi connectivity index (χ1v) is 7.24. The summed E-state index contributed by atoms with van der Waals surface area (Å²) in [7, 11) is 1.84. The van der Waals surface area contributed by atoms with E-state index in [4.69, 9.17) is 11.6 Å². The van der Waals surface area contributed by atoms with Gasteiger partial charge in [0.1, 0.15) is 11.6 Å². The molecular weight excluding hydrogens is 292 g/mol. The second kappa shape index (κ2) is 7.01. The minimum Gasteiger partial charge on any atom is -0.316 e. The Labute approximate surface area is 128 Å². The van der Waals surface area contributed by atoms with Crippen LogP contribution in [-0.4, -0.2) is 13.1 Å². The van der Waals surface area contributed by atoms with E-state index in [9.17, 15) is 8.78 Å². The minimum absolute atomic E-state index is 0.0575. The lowest BCUT2D eigenvalue weighted by molar-refractivity contribution is 0.531. The van der Waals surface area contributed by atoms with Gasteiger partial charge in [-0.25, -0.2) is 8.78 Å². The average molecular weight is 310 g/mol. The fraction of sp³-hybridized carbons (Fsp3) is 0.294. The van der Waals surface area contributed by atoms with Crippen molar-refractivity contribution in [2.75, 3.05) is 7.05 Å². The Balaban J connectivity index is 2.15. The highest BCUT2D eigenvalue weighted by Crippen LogP contribution is 2.20. The third kappa shape index (κ3) is 4.02. The van der Waals surface area contributed by atoms with Gasteiger partial charge in [-0.15, -0.1) is 0 Å². The van der Waals surface area contributed by atoms with Crippen LogP contribution in [0.2, 0.25) is 5.02 Å². The lowest BCUT2D eigenvalue weighted by Crippen LogP contribution is -2.30. The second-order valence-electron chi connectivity index (χ2n) is 5.18. The van der Waals surface area contributed by atoms with Gasteiger partial charge >= 0.3 is 0 Å². The van der Waals surface area contributed by atoms with Crippen molar-refractivity contribution in [1.82, 2.24) is 5.32 Å². The van der Waals surface area contributed by atoms with E-state index in [-0.39, 0.29) is 22.7 Å². The molecule has 0 aliphatic rings. The smallest absolute Gasteiger partial charge is 0.145 e. The van der Waals surface area contributed by atoms with Crippen molar-refractivity contribution in [1.29, 1.82) is 0 Å². The summed E-state index contributed by atoms with van der Waals surface area (Å²) >= 11 is 5.81. The number of rotatable bonds is 5. The molecule has 0 amide bonds. The first kappa shape index (κ1) is 15.9. The van der Waals surface area contributed by atoms with Crippen LogP contribution in [0.5, 0.6) is 0 Å². The molecule has 1 nitrogen and oxygen atoms in total. The standard InChI is InChI=1S/C17H18ClF2N/c1-11-8-14(19)7-6-12(11)9-15(21-2)10-13-4-3-5-16(18)17(13)20/h3-8,15,21H,9-10H2,1-2H3. The Kier molecular flexibility index (Phi) is 5.32. The molecule has 112 valence electrons. The highest BCUT2D eigenvalue weighted by molar-refractivity contribution is 6.30. The van der Waals surface area contributed by atoms with E-state index in [1.165, 1.54) is 12.1 Å². The first-order valence-electron chi connectivity index (χ1n) is 6.86. The number of likely N-dealkylation sites (N-methyl/N-ethyl adjacent to an activating group) is 1. The molecule has 2 aromatic carbocycles. The zero-order chi connectivity index (χ0) is 15.4. The molecule has 0 aromatic heterocycles. The molecule has 0 aliphatic carbocycles. The predicted molar refractivity (Wildman–Crippen MR) is 82.8 cm³/mol. The summed E-state index contributed by atoms with van der Waals surface area (Å²) < 4.78 is 27.1. The maximum absolute atomic E-state index is 14.0. The molecule has 4 heteroatoms. The second-order valence-corrected chi connectivity index (χ2v) is 5.58. The number of hydrogen-bond donors (Lipinski definition) is 1. The van der Waals surface area contributed by atoms with E-state index < -0.39 is 0 Å². The number of hydrogen-bond acceptors (Lipinski definition) is 1. The number of aryl methyl sites for hydroxylation is 1. The topological polar surface area (TPSA) is 12.0 Å². The van der Waals surface area contributed by atoms with Gasteiger partial charge in [-0.1, -0.05) is 29.8 Å². The summed E-state index contributed by atoms with van der Waals surface area (Å²) in [4.78, 5) is 0. The summed E-state index contributed by atoms with van der Waals surface area (Å²) in [6.45, 7) is 1.88. The molecule has 0 aliphatic heterocycles. The third-order valence-electron chi connectivity index (χ3n) is 3.68. The Morgan fingerprint density at radius 3 is 2.48 bits per heavy atom. The van der Waals surface area contributed by atoms with Crippen LogP contribution in [0.3, 0.4) is 0 Å². The maximum atomic E-state index is 14.0. The normalized spacial score (nSPS) is 12.4. The van der Waals surface area contributed by atoms with Crippen LogP contribution in [-0.2, 0) is 12.8 Å². The lowest BCUT2D eigenvalue weighted by atomic mass is 9.96. The van der Waals surface area contributed by atoms with E-state index in [0.717, 1.165) is 11.1 Å². The van der Waals surface area contributed by atoms with Crippen molar-refractivity contribution < 1.29 is 8.78 Å². The number of halogens is 3. The summed E-state index contributed by atoms with van der Waals surface area (Å²) in [5.74, 6) is -0.603. The van der Waals surface area contributed by atoms with E-state index in [1.54, 1.807) is 24.3 Å². The van der Waals surface area contributed by atoms with Crippen LogP contribution in [0, 0.1) is 18.6 Å². The molecule has 1 unspecified atom stereocenters. The van der Waals surface area contributed by atoms with E-state index in [0.29, 0.717) is 18.4 Å². The monoisotopic (exact) mass is 309 g/mol. The number of benzene rings is 2. The van der Waals surface area contributed by atoms with Crippen LogP contribution in [0.4, 0.5) is 8.78 Å². The third-order valence-corrected chi connectivity index (χ3v) is 3.97. The van der Waals surface area contributed by atoms with E-state index in [1.807, 2.05) is 14.0 Å². The zero-order valence-electron chi connectivity index (χ0n) is 12.1. The van der Waals surface area contributed by atoms with Gasteiger partial charge in [-0.2, -0.15) is 0 Å². The molecule has 0 spiro atoms.